The van der Waals surface area contributed by atoms with E-state index in [2.05, 4.69) is 136 Å². The molecule has 2 heteroatoms. The zero-order chi connectivity index (χ0) is 23.1. The van der Waals surface area contributed by atoms with Crippen LogP contribution in [0.3, 0.4) is 0 Å². The Labute approximate surface area is 195 Å². The average Bonchev–Trinajstić information content (AvgIpc) is 2.76. The summed E-state index contributed by atoms with van der Waals surface area (Å²) in [5.41, 5.74) is 5.00. The van der Waals surface area contributed by atoms with Crippen molar-refractivity contribution in [1.82, 2.24) is 0 Å². The van der Waals surface area contributed by atoms with Gasteiger partial charge in [-0.15, -0.1) is 0 Å². The first-order valence-corrected chi connectivity index (χ1v) is 12.2. The van der Waals surface area contributed by atoms with E-state index < -0.39 is 0 Å². The van der Waals surface area contributed by atoms with E-state index in [-0.39, 0.29) is 0 Å². The van der Waals surface area contributed by atoms with Gasteiger partial charge >= 0.3 is 0 Å². The summed E-state index contributed by atoms with van der Waals surface area (Å²) in [6.45, 7) is 13.9. The van der Waals surface area contributed by atoms with E-state index >= 15 is 0 Å². The van der Waals surface area contributed by atoms with Crippen LogP contribution in [0.2, 0.25) is 0 Å². The Hall–Kier alpha value is -2.74. The molecule has 0 fully saturated rings. The van der Waals surface area contributed by atoms with E-state index in [0.29, 0.717) is 23.9 Å². The number of rotatable bonds is 10. The molecule has 170 valence electrons. The molecule has 0 spiro atoms. The molecule has 3 aromatic carbocycles. The summed E-state index contributed by atoms with van der Waals surface area (Å²) >= 11 is 0. The molecule has 32 heavy (non-hydrogen) atoms. The zero-order valence-electron chi connectivity index (χ0n) is 20.7. The maximum atomic E-state index is 2.48. The highest BCUT2D eigenvalue weighted by Crippen LogP contribution is 2.35. The van der Waals surface area contributed by atoms with Crippen LogP contribution in [0.15, 0.2) is 84.9 Å². The lowest BCUT2D eigenvalue weighted by atomic mass is 10.0. The van der Waals surface area contributed by atoms with Gasteiger partial charge in [0.25, 0.3) is 0 Å². The minimum Gasteiger partial charge on any atom is -0.339 e. The van der Waals surface area contributed by atoms with Crippen LogP contribution in [0.1, 0.15) is 54.4 Å². The van der Waals surface area contributed by atoms with Crippen LogP contribution in [0.4, 0.5) is 22.7 Å². The molecule has 2 unspecified atom stereocenters. The summed E-state index contributed by atoms with van der Waals surface area (Å²) in [6, 6.07) is 31.6. The second kappa shape index (κ2) is 11.2. The number of anilines is 4. The van der Waals surface area contributed by atoms with Crippen LogP contribution < -0.4 is 9.80 Å². The zero-order valence-corrected chi connectivity index (χ0v) is 20.7. The van der Waals surface area contributed by atoms with Gasteiger partial charge in [-0.1, -0.05) is 64.1 Å². The predicted molar refractivity (Wildman–Crippen MR) is 141 cm³/mol. The Balaban J connectivity index is 1.96. The van der Waals surface area contributed by atoms with Crippen molar-refractivity contribution in [1.29, 1.82) is 0 Å². The lowest BCUT2D eigenvalue weighted by Gasteiger charge is -2.35. The molecule has 0 amide bonds. The molecular formula is C30H40N2. The summed E-state index contributed by atoms with van der Waals surface area (Å²) in [7, 11) is 0. The maximum absolute atomic E-state index is 2.48. The Kier molecular flexibility index (Phi) is 8.39. The fourth-order valence-corrected chi connectivity index (χ4v) is 4.84. The van der Waals surface area contributed by atoms with Gasteiger partial charge in [0.2, 0.25) is 0 Å². The molecule has 0 N–H and O–H groups in total. The van der Waals surface area contributed by atoms with Crippen LogP contribution in [-0.2, 0) is 0 Å². The van der Waals surface area contributed by atoms with Gasteiger partial charge in [0, 0.05) is 34.8 Å². The van der Waals surface area contributed by atoms with Crippen LogP contribution in [0.5, 0.6) is 0 Å². The van der Waals surface area contributed by atoms with E-state index in [9.17, 15) is 0 Å². The highest BCUT2D eigenvalue weighted by atomic mass is 15.2. The highest BCUT2D eigenvalue weighted by molar-refractivity contribution is 5.70. The fourth-order valence-electron chi connectivity index (χ4n) is 4.84. The van der Waals surface area contributed by atoms with Crippen LogP contribution in [0.25, 0.3) is 0 Å². The van der Waals surface area contributed by atoms with Crippen molar-refractivity contribution in [2.75, 3.05) is 9.80 Å². The highest BCUT2D eigenvalue weighted by Gasteiger charge is 2.21. The van der Waals surface area contributed by atoms with Gasteiger partial charge in [0.1, 0.15) is 0 Å². The summed E-state index contributed by atoms with van der Waals surface area (Å²) in [5.74, 6) is 1.31. The second-order valence-electron chi connectivity index (χ2n) is 9.88. The topological polar surface area (TPSA) is 6.48 Å². The van der Waals surface area contributed by atoms with Crippen molar-refractivity contribution in [3.63, 3.8) is 0 Å². The molecule has 0 aliphatic carbocycles. The smallest absolute Gasteiger partial charge is 0.0414 e. The van der Waals surface area contributed by atoms with Gasteiger partial charge in [0.05, 0.1) is 0 Å². The second-order valence-corrected chi connectivity index (χ2v) is 9.88. The van der Waals surface area contributed by atoms with Crippen molar-refractivity contribution in [3.8, 4) is 0 Å². The van der Waals surface area contributed by atoms with Gasteiger partial charge in [0.15, 0.2) is 0 Å². The van der Waals surface area contributed by atoms with Gasteiger partial charge in [-0.05, 0) is 87.1 Å². The van der Waals surface area contributed by atoms with Gasteiger partial charge in [-0.2, -0.15) is 0 Å². The molecule has 0 aliphatic rings. The Morgan fingerprint density at radius 2 is 0.719 bits per heavy atom. The molecule has 0 saturated heterocycles. The lowest BCUT2D eigenvalue weighted by Crippen LogP contribution is -2.31. The number of hydrogen-bond acceptors (Lipinski definition) is 2. The molecule has 0 heterocycles. The predicted octanol–water partition coefficient (Wildman–Crippen LogP) is 8.83. The van der Waals surface area contributed by atoms with Crippen LogP contribution in [-0.4, -0.2) is 12.1 Å². The first-order valence-electron chi connectivity index (χ1n) is 12.2. The molecule has 2 nitrogen and oxygen atoms in total. The molecule has 0 saturated carbocycles. The third-order valence-corrected chi connectivity index (χ3v) is 5.98. The average molecular weight is 429 g/mol. The Morgan fingerprint density at radius 3 is 1.00 bits per heavy atom. The van der Waals surface area contributed by atoms with E-state index in [1.807, 2.05) is 0 Å². The molecule has 0 bridgehead atoms. The van der Waals surface area contributed by atoms with E-state index in [1.165, 1.54) is 22.7 Å². The maximum Gasteiger partial charge on any atom is 0.0414 e. The number of nitrogens with zero attached hydrogens (tertiary/aromatic N) is 2. The summed E-state index contributed by atoms with van der Waals surface area (Å²) in [4.78, 5) is 4.96. The van der Waals surface area contributed by atoms with Crippen molar-refractivity contribution in [2.24, 2.45) is 11.8 Å². The Bertz CT molecular complexity index is 838. The first kappa shape index (κ1) is 23.9. The van der Waals surface area contributed by atoms with E-state index in [1.54, 1.807) is 0 Å². The molecule has 3 aromatic rings. The summed E-state index contributed by atoms with van der Waals surface area (Å²) in [6.07, 6.45) is 2.30. The van der Waals surface area contributed by atoms with Crippen molar-refractivity contribution in [3.05, 3.63) is 84.9 Å². The minimum absolute atomic E-state index is 0.424. The fraction of sp³-hybridized carbons (Fsp3) is 0.400. The quantitative estimate of drug-likeness (QED) is 0.318. The van der Waals surface area contributed by atoms with Crippen molar-refractivity contribution >= 4 is 22.7 Å². The van der Waals surface area contributed by atoms with Crippen molar-refractivity contribution in [2.45, 2.75) is 66.5 Å². The number of hydrogen-bond donors (Lipinski definition) is 0. The standard InChI is InChI=1S/C30H40N2/c1-23(2)21-25(5)31(27-13-9-7-10-14-27)29-17-19-30(20-18-29)32(26(6)22-24(3)4)28-15-11-8-12-16-28/h7-20,23-26H,21-22H2,1-6H3. The summed E-state index contributed by atoms with van der Waals surface area (Å²) in [5, 5.41) is 0. The van der Waals surface area contributed by atoms with E-state index in [0.717, 1.165) is 12.8 Å². The normalized spacial score (nSPS) is 13.2. The SMILES string of the molecule is CC(C)CC(C)N(c1ccccc1)c1ccc(N(c2ccccc2)C(C)CC(C)C)cc1. The molecule has 0 aliphatic heterocycles. The number of para-hydroxylation sites is 2. The summed E-state index contributed by atoms with van der Waals surface area (Å²) < 4.78 is 0. The van der Waals surface area contributed by atoms with Gasteiger partial charge in [-0.25, -0.2) is 0 Å². The first-order chi connectivity index (χ1) is 15.4. The minimum atomic E-state index is 0.424. The largest absolute Gasteiger partial charge is 0.339 e. The van der Waals surface area contributed by atoms with Crippen molar-refractivity contribution < 1.29 is 0 Å². The molecule has 2 atom stereocenters. The van der Waals surface area contributed by atoms with Gasteiger partial charge in [-0.3, -0.25) is 0 Å². The molecular weight excluding hydrogens is 388 g/mol. The monoisotopic (exact) mass is 428 g/mol. The third kappa shape index (κ3) is 6.16. The molecule has 0 aromatic heterocycles. The van der Waals surface area contributed by atoms with Crippen LogP contribution >= 0.6 is 0 Å². The lowest BCUT2D eigenvalue weighted by molar-refractivity contribution is 0.512. The van der Waals surface area contributed by atoms with E-state index in [4.69, 9.17) is 0 Å². The Morgan fingerprint density at radius 1 is 0.438 bits per heavy atom. The van der Waals surface area contributed by atoms with Gasteiger partial charge < -0.3 is 9.80 Å². The molecule has 0 radical (unpaired) electrons. The molecule has 3 rings (SSSR count). The number of benzene rings is 3. The van der Waals surface area contributed by atoms with Crippen LogP contribution in [0, 0.1) is 11.8 Å². The third-order valence-electron chi connectivity index (χ3n) is 5.98.